The second-order valence-electron chi connectivity index (χ2n) is 6.61. The van der Waals surface area contributed by atoms with E-state index in [1.807, 2.05) is 0 Å². The van der Waals surface area contributed by atoms with Gasteiger partial charge in [-0.15, -0.1) is 11.3 Å². The lowest BCUT2D eigenvalue weighted by atomic mass is 10.2. The molecular formula is C18H18ClFN4O2S2. The summed E-state index contributed by atoms with van der Waals surface area (Å²) in [5.41, 5.74) is 0.511. The first-order chi connectivity index (χ1) is 13.4. The summed E-state index contributed by atoms with van der Waals surface area (Å²) in [5, 5.41) is 3.49. The van der Waals surface area contributed by atoms with Crippen molar-refractivity contribution >= 4 is 54.7 Å². The number of aromatic nitrogens is 2. The van der Waals surface area contributed by atoms with Crippen molar-refractivity contribution in [2.24, 2.45) is 0 Å². The van der Waals surface area contributed by atoms with Crippen LogP contribution in [0, 0.1) is 12.7 Å². The molecule has 0 bridgehead atoms. The molecule has 1 aromatic carbocycles. The van der Waals surface area contributed by atoms with Crippen molar-refractivity contribution in [1.29, 1.82) is 0 Å². The van der Waals surface area contributed by atoms with E-state index in [0.29, 0.717) is 39.7 Å². The highest BCUT2D eigenvalue weighted by molar-refractivity contribution is 7.89. The van der Waals surface area contributed by atoms with Crippen molar-refractivity contribution in [3.63, 3.8) is 0 Å². The van der Waals surface area contributed by atoms with Gasteiger partial charge in [-0.05, 0) is 38.0 Å². The quantitative estimate of drug-likeness (QED) is 0.635. The van der Waals surface area contributed by atoms with Crippen molar-refractivity contribution in [3.8, 4) is 0 Å². The molecule has 0 amide bonds. The lowest BCUT2D eigenvalue weighted by Crippen LogP contribution is -2.35. The van der Waals surface area contributed by atoms with Gasteiger partial charge in [0.15, 0.2) is 0 Å². The molecule has 10 heteroatoms. The molecule has 0 spiro atoms. The van der Waals surface area contributed by atoms with Gasteiger partial charge in [-0.1, -0.05) is 18.0 Å². The summed E-state index contributed by atoms with van der Waals surface area (Å²) >= 11 is 7.18. The molecule has 0 saturated carbocycles. The van der Waals surface area contributed by atoms with E-state index in [9.17, 15) is 12.8 Å². The van der Waals surface area contributed by atoms with Crippen molar-refractivity contribution < 1.29 is 12.8 Å². The van der Waals surface area contributed by atoms with Crippen molar-refractivity contribution in [3.05, 3.63) is 40.2 Å². The maximum atomic E-state index is 13.5. The van der Waals surface area contributed by atoms with Crippen LogP contribution in [0.5, 0.6) is 0 Å². The van der Waals surface area contributed by atoms with Crippen LogP contribution in [0.3, 0.4) is 0 Å². The van der Waals surface area contributed by atoms with Crippen molar-refractivity contribution in [2.75, 3.05) is 18.4 Å². The number of halogens is 2. The number of thiophene rings is 1. The molecule has 3 heterocycles. The summed E-state index contributed by atoms with van der Waals surface area (Å²) in [6.07, 6.45) is 4.13. The van der Waals surface area contributed by atoms with Crippen molar-refractivity contribution in [1.82, 2.24) is 14.3 Å². The van der Waals surface area contributed by atoms with Crippen LogP contribution in [0.15, 0.2) is 29.4 Å². The first-order valence-corrected chi connectivity index (χ1v) is 11.5. The highest BCUT2D eigenvalue weighted by Gasteiger charge is 2.32. The van der Waals surface area contributed by atoms with Gasteiger partial charge < -0.3 is 5.32 Å². The number of piperidine rings is 1. The van der Waals surface area contributed by atoms with Crippen molar-refractivity contribution in [2.45, 2.75) is 31.1 Å². The molecule has 3 aromatic rings. The van der Waals surface area contributed by atoms with Crippen LogP contribution in [-0.2, 0) is 10.0 Å². The minimum absolute atomic E-state index is 0.0297. The van der Waals surface area contributed by atoms with E-state index in [2.05, 4.69) is 15.3 Å². The summed E-state index contributed by atoms with van der Waals surface area (Å²) in [5.74, 6) is -0.174. The number of rotatable bonds is 4. The third kappa shape index (κ3) is 3.47. The van der Waals surface area contributed by atoms with Gasteiger partial charge in [-0.25, -0.2) is 22.8 Å². The molecule has 0 aliphatic carbocycles. The molecule has 0 atom stereocenters. The first-order valence-electron chi connectivity index (χ1n) is 8.84. The molecule has 1 aliphatic rings. The van der Waals surface area contributed by atoms with Crippen LogP contribution in [0.1, 0.15) is 24.1 Å². The predicted molar refractivity (Wildman–Crippen MR) is 109 cm³/mol. The highest BCUT2D eigenvalue weighted by atomic mass is 35.5. The summed E-state index contributed by atoms with van der Waals surface area (Å²) in [7, 11) is -3.67. The maximum Gasteiger partial charge on any atom is 0.244 e. The Kier molecular flexibility index (Phi) is 5.26. The van der Waals surface area contributed by atoms with Gasteiger partial charge >= 0.3 is 0 Å². The normalized spacial score (nSPS) is 15.8. The van der Waals surface area contributed by atoms with E-state index in [0.717, 1.165) is 19.3 Å². The number of hydrogen-bond donors (Lipinski definition) is 1. The number of aryl methyl sites for hydroxylation is 1. The Morgan fingerprint density at radius 3 is 2.68 bits per heavy atom. The zero-order chi connectivity index (χ0) is 19.9. The summed E-state index contributed by atoms with van der Waals surface area (Å²) in [4.78, 5) is 10.00. The summed E-state index contributed by atoms with van der Waals surface area (Å²) in [6.45, 7) is 2.81. The number of anilines is 2. The molecule has 148 valence electrons. The number of nitrogens with one attached hydrogen (secondary N) is 1. The molecular weight excluding hydrogens is 423 g/mol. The fraction of sp³-hybridized carbons (Fsp3) is 0.333. The second kappa shape index (κ2) is 7.55. The molecule has 1 N–H and O–H groups in total. The van der Waals surface area contributed by atoms with Gasteiger partial charge in [0.1, 0.15) is 27.7 Å². The Bertz CT molecular complexity index is 1140. The van der Waals surface area contributed by atoms with E-state index >= 15 is 0 Å². The maximum absolute atomic E-state index is 13.5. The number of nitrogens with zero attached hydrogens (tertiary/aromatic N) is 3. The minimum Gasteiger partial charge on any atom is -0.340 e. The Morgan fingerprint density at radius 2 is 1.96 bits per heavy atom. The van der Waals surface area contributed by atoms with Gasteiger partial charge in [0.2, 0.25) is 10.0 Å². The van der Waals surface area contributed by atoms with Crippen LogP contribution in [0.4, 0.5) is 15.9 Å². The van der Waals surface area contributed by atoms with Gasteiger partial charge in [-0.2, -0.15) is 4.31 Å². The lowest BCUT2D eigenvalue weighted by Gasteiger charge is -2.26. The first kappa shape index (κ1) is 19.5. The topological polar surface area (TPSA) is 75.2 Å². The van der Waals surface area contributed by atoms with Gasteiger partial charge in [0, 0.05) is 23.7 Å². The zero-order valence-electron chi connectivity index (χ0n) is 15.1. The summed E-state index contributed by atoms with van der Waals surface area (Å²) in [6, 6.07) is 4.20. The SMILES string of the molecule is Cc1sc2ncnc(Nc3ccc(F)c(Cl)c3)c2c1S(=O)(=O)N1CCCCC1. The van der Waals surface area contributed by atoms with Crippen LogP contribution in [0.25, 0.3) is 10.2 Å². The average Bonchev–Trinajstić information content (AvgIpc) is 3.03. The van der Waals surface area contributed by atoms with E-state index in [1.165, 1.54) is 40.2 Å². The Morgan fingerprint density at radius 1 is 1.21 bits per heavy atom. The smallest absolute Gasteiger partial charge is 0.244 e. The molecule has 1 saturated heterocycles. The van der Waals surface area contributed by atoms with Gasteiger partial charge in [0.25, 0.3) is 0 Å². The largest absolute Gasteiger partial charge is 0.340 e. The van der Waals surface area contributed by atoms with E-state index < -0.39 is 15.8 Å². The number of fused-ring (bicyclic) bond motifs is 1. The highest BCUT2D eigenvalue weighted by Crippen LogP contribution is 2.39. The molecule has 28 heavy (non-hydrogen) atoms. The van der Waals surface area contributed by atoms with E-state index in [4.69, 9.17) is 11.6 Å². The minimum atomic E-state index is -3.67. The number of hydrogen-bond acceptors (Lipinski definition) is 6. The monoisotopic (exact) mass is 440 g/mol. The zero-order valence-corrected chi connectivity index (χ0v) is 17.5. The fourth-order valence-corrected chi connectivity index (χ4v) is 6.75. The van der Waals surface area contributed by atoms with Crippen LogP contribution in [-0.4, -0.2) is 35.8 Å². The molecule has 0 radical (unpaired) electrons. The van der Waals surface area contributed by atoms with Gasteiger partial charge in [-0.3, -0.25) is 0 Å². The Balaban J connectivity index is 1.83. The third-order valence-corrected chi connectivity index (χ3v) is 8.21. The fourth-order valence-electron chi connectivity index (χ4n) is 3.37. The average molecular weight is 441 g/mol. The Hall–Kier alpha value is -1.81. The molecule has 1 fully saturated rings. The second-order valence-corrected chi connectivity index (χ2v) is 10.1. The molecule has 4 rings (SSSR count). The number of benzene rings is 1. The van der Waals surface area contributed by atoms with Crippen LogP contribution in [0.2, 0.25) is 5.02 Å². The standard InChI is InChI=1S/C18H18ClFN4O2S2/c1-11-16(28(25,26)24-7-3-2-4-8-24)15-17(21-10-22-18(15)27-11)23-12-5-6-14(20)13(19)9-12/h5-6,9-10H,2-4,7-8H2,1H3,(H,21,22,23). The lowest BCUT2D eigenvalue weighted by molar-refractivity contribution is 0.347. The van der Waals surface area contributed by atoms with E-state index in [-0.39, 0.29) is 9.92 Å². The molecule has 0 unspecified atom stereocenters. The number of sulfonamides is 1. The van der Waals surface area contributed by atoms with Gasteiger partial charge in [0.05, 0.1) is 10.4 Å². The Labute approximate surface area is 171 Å². The predicted octanol–water partition coefficient (Wildman–Crippen LogP) is 4.71. The molecule has 1 aliphatic heterocycles. The van der Waals surface area contributed by atoms with Crippen LogP contribution < -0.4 is 5.32 Å². The summed E-state index contributed by atoms with van der Waals surface area (Å²) < 4.78 is 41.7. The van der Waals surface area contributed by atoms with E-state index in [1.54, 1.807) is 6.92 Å². The van der Waals surface area contributed by atoms with Crippen LogP contribution >= 0.6 is 22.9 Å². The third-order valence-electron chi connectivity index (χ3n) is 4.70. The molecule has 2 aromatic heterocycles. The molecule has 6 nitrogen and oxygen atoms in total.